The third-order valence-electron chi connectivity index (χ3n) is 3.75. The fraction of sp³-hybridized carbons (Fsp3) is 0.294. The van der Waals surface area contributed by atoms with Crippen LogP contribution in [0, 0.1) is 12.7 Å². The highest BCUT2D eigenvalue weighted by Crippen LogP contribution is 2.33. The molecule has 0 saturated heterocycles. The van der Waals surface area contributed by atoms with Crippen LogP contribution >= 0.6 is 0 Å². The number of benzene rings is 2. The Morgan fingerprint density at radius 3 is 2.95 bits per heavy atom. The van der Waals surface area contributed by atoms with Gasteiger partial charge in [0.2, 0.25) is 0 Å². The normalized spacial score (nSPS) is 17.2. The summed E-state index contributed by atoms with van der Waals surface area (Å²) in [5.41, 5.74) is 2.71. The summed E-state index contributed by atoms with van der Waals surface area (Å²) in [6.45, 7) is 3.33. The first-order chi connectivity index (χ1) is 9.74. The second-order valence-electron chi connectivity index (χ2n) is 5.24. The molecule has 2 aromatic rings. The molecule has 0 fully saturated rings. The van der Waals surface area contributed by atoms with Gasteiger partial charge >= 0.3 is 0 Å². The van der Waals surface area contributed by atoms with E-state index < -0.39 is 0 Å². The topological polar surface area (TPSA) is 21.3 Å². The van der Waals surface area contributed by atoms with Gasteiger partial charge in [-0.05, 0) is 42.7 Å². The highest BCUT2D eigenvalue weighted by atomic mass is 19.1. The van der Waals surface area contributed by atoms with Gasteiger partial charge < -0.3 is 10.1 Å². The maximum Gasteiger partial charge on any atom is 0.146 e. The number of para-hydroxylation sites is 1. The number of nitrogens with one attached hydrogen (secondary N) is 1. The molecule has 2 nitrogen and oxygen atoms in total. The average Bonchev–Trinajstić information content (AvgIpc) is 2.46. The average molecular weight is 271 g/mol. The Bertz CT molecular complexity index is 612. The van der Waals surface area contributed by atoms with Gasteiger partial charge in [-0.2, -0.15) is 0 Å². The highest BCUT2D eigenvalue weighted by Gasteiger charge is 2.20. The molecule has 0 aliphatic carbocycles. The smallest absolute Gasteiger partial charge is 0.146 e. The van der Waals surface area contributed by atoms with Crippen molar-refractivity contribution in [3.8, 4) is 5.75 Å². The maximum absolute atomic E-state index is 13.8. The Kier molecular flexibility index (Phi) is 3.59. The molecule has 0 amide bonds. The zero-order chi connectivity index (χ0) is 13.9. The van der Waals surface area contributed by atoms with Crippen LogP contribution in [0.25, 0.3) is 0 Å². The van der Waals surface area contributed by atoms with E-state index in [1.165, 1.54) is 5.56 Å². The molecule has 1 heterocycles. The van der Waals surface area contributed by atoms with Crippen molar-refractivity contribution in [2.75, 3.05) is 18.5 Å². The molecule has 1 aliphatic rings. The summed E-state index contributed by atoms with van der Waals surface area (Å²) in [5.74, 6) is 1.13. The minimum absolute atomic E-state index is 0.189. The van der Waals surface area contributed by atoms with Crippen molar-refractivity contribution in [2.24, 2.45) is 0 Å². The summed E-state index contributed by atoms with van der Waals surface area (Å²) in [6.07, 6.45) is 0.956. The van der Waals surface area contributed by atoms with E-state index in [9.17, 15) is 4.39 Å². The minimum atomic E-state index is -0.189. The Labute approximate surface area is 118 Å². The van der Waals surface area contributed by atoms with E-state index >= 15 is 0 Å². The number of ether oxygens (including phenoxy) is 1. The first-order valence-corrected chi connectivity index (χ1v) is 6.96. The van der Waals surface area contributed by atoms with E-state index in [2.05, 4.69) is 11.4 Å². The first-order valence-electron chi connectivity index (χ1n) is 6.96. The molecule has 104 valence electrons. The Hall–Kier alpha value is -2.03. The molecule has 0 radical (unpaired) electrons. The first kappa shape index (κ1) is 13.0. The Morgan fingerprint density at radius 1 is 1.25 bits per heavy atom. The third-order valence-corrected chi connectivity index (χ3v) is 3.75. The minimum Gasteiger partial charge on any atom is -0.493 e. The molecule has 3 heteroatoms. The molecule has 0 saturated carbocycles. The second-order valence-corrected chi connectivity index (χ2v) is 5.24. The summed E-state index contributed by atoms with van der Waals surface area (Å²) in [5, 5.41) is 3.22. The van der Waals surface area contributed by atoms with Crippen molar-refractivity contribution in [3.05, 3.63) is 59.4 Å². The highest BCUT2D eigenvalue weighted by molar-refractivity contribution is 5.47. The van der Waals surface area contributed by atoms with Crippen molar-refractivity contribution < 1.29 is 9.13 Å². The number of fused-ring (bicyclic) bond motifs is 1. The largest absolute Gasteiger partial charge is 0.493 e. The lowest BCUT2D eigenvalue weighted by Crippen LogP contribution is -2.21. The van der Waals surface area contributed by atoms with Gasteiger partial charge in [0, 0.05) is 12.5 Å². The van der Waals surface area contributed by atoms with Crippen molar-refractivity contribution in [1.82, 2.24) is 0 Å². The van der Waals surface area contributed by atoms with E-state index in [1.54, 1.807) is 12.1 Å². The summed E-state index contributed by atoms with van der Waals surface area (Å²) in [4.78, 5) is 0. The van der Waals surface area contributed by atoms with Crippen molar-refractivity contribution in [2.45, 2.75) is 19.3 Å². The lowest BCUT2D eigenvalue weighted by atomic mass is 9.93. The number of hydrogen-bond acceptors (Lipinski definition) is 2. The summed E-state index contributed by atoms with van der Waals surface area (Å²) >= 11 is 0. The Balaban J connectivity index is 1.73. The number of aryl methyl sites for hydroxylation is 1. The standard InChI is InChI=1S/C17H18FNO/c1-12-6-7-16(15(18)10-12)19-11-13-8-9-20-17-5-3-2-4-14(13)17/h2-7,10,13,19H,8-9,11H2,1H3. The third kappa shape index (κ3) is 2.62. The number of hydrogen-bond donors (Lipinski definition) is 1. The van der Waals surface area contributed by atoms with Crippen LogP contribution in [0.15, 0.2) is 42.5 Å². The van der Waals surface area contributed by atoms with Gasteiger partial charge in [-0.15, -0.1) is 0 Å². The van der Waals surface area contributed by atoms with Crippen LogP contribution in [0.2, 0.25) is 0 Å². The fourth-order valence-electron chi connectivity index (χ4n) is 2.62. The lowest BCUT2D eigenvalue weighted by molar-refractivity contribution is 0.270. The SMILES string of the molecule is Cc1ccc(NCC2CCOc3ccccc32)c(F)c1. The predicted molar refractivity (Wildman–Crippen MR) is 78.9 cm³/mol. The summed E-state index contributed by atoms with van der Waals surface area (Å²) < 4.78 is 19.5. The monoisotopic (exact) mass is 271 g/mol. The van der Waals surface area contributed by atoms with Gasteiger partial charge in [-0.1, -0.05) is 24.3 Å². The van der Waals surface area contributed by atoms with Crippen molar-refractivity contribution in [1.29, 1.82) is 0 Å². The van der Waals surface area contributed by atoms with Crippen LogP contribution in [-0.2, 0) is 0 Å². The van der Waals surface area contributed by atoms with Gasteiger partial charge in [0.25, 0.3) is 0 Å². The maximum atomic E-state index is 13.8. The van der Waals surface area contributed by atoms with E-state index in [1.807, 2.05) is 31.2 Å². The number of anilines is 1. The molecule has 1 aliphatic heterocycles. The second kappa shape index (κ2) is 5.53. The van der Waals surface area contributed by atoms with E-state index in [0.717, 1.165) is 30.9 Å². The van der Waals surface area contributed by atoms with Crippen molar-refractivity contribution >= 4 is 5.69 Å². The number of halogens is 1. The van der Waals surface area contributed by atoms with Crippen LogP contribution in [0.3, 0.4) is 0 Å². The van der Waals surface area contributed by atoms with Gasteiger partial charge in [0.1, 0.15) is 11.6 Å². The molecular weight excluding hydrogens is 253 g/mol. The molecule has 20 heavy (non-hydrogen) atoms. The van der Waals surface area contributed by atoms with Gasteiger partial charge in [0.05, 0.1) is 12.3 Å². The van der Waals surface area contributed by atoms with Gasteiger partial charge in [-0.3, -0.25) is 0 Å². The number of rotatable bonds is 3. The molecule has 1 unspecified atom stereocenters. The fourth-order valence-corrected chi connectivity index (χ4v) is 2.62. The molecular formula is C17H18FNO. The molecule has 1 N–H and O–H groups in total. The van der Waals surface area contributed by atoms with Crippen LogP contribution in [-0.4, -0.2) is 13.2 Å². The van der Waals surface area contributed by atoms with Gasteiger partial charge in [0.15, 0.2) is 0 Å². The van der Waals surface area contributed by atoms with Crippen LogP contribution in [0.4, 0.5) is 10.1 Å². The summed E-state index contributed by atoms with van der Waals surface area (Å²) in [7, 11) is 0. The van der Waals surface area contributed by atoms with Crippen LogP contribution in [0.1, 0.15) is 23.5 Å². The zero-order valence-electron chi connectivity index (χ0n) is 11.5. The molecule has 0 bridgehead atoms. The van der Waals surface area contributed by atoms with Crippen molar-refractivity contribution in [3.63, 3.8) is 0 Å². The van der Waals surface area contributed by atoms with E-state index in [-0.39, 0.29) is 5.82 Å². The molecule has 2 aromatic carbocycles. The molecule has 0 aromatic heterocycles. The molecule has 0 spiro atoms. The zero-order valence-corrected chi connectivity index (χ0v) is 11.5. The van der Waals surface area contributed by atoms with Gasteiger partial charge in [-0.25, -0.2) is 4.39 Å². The van der Waals surface area contributed by atoms with E-state index in [4.69, 9.17) is 4.74 Å². The van der Waals surface area contributed by atoms with Crippen LogP contribution in [0.5, 0.6) is 5.75 Å². The molecule has 3 rings (SSSR count). The molecule has 1 atom stereocenters. The van der Waals surface area contributed by atoms with Crippen LogP contribution < -0.4 is 10.1 Å². The summed E-state index contributed by atoms with van der Waals surface area (Å²) in [6, 6.07) is 13.4. The Morgan fingerprint density at radius 2 is 2.10 bits per heavy atom. The quantitative estimate of drug-likeness (QED) is 0.907. The van der Waals surface area contributed by atoms with E-state index in [0.29, 0.717) is 11.6 Å². The lowest BCUT2D eigenvalue weighted by Gasteiger charge is -2.26. The predicted octanol–water partition coefficient (Wildman–Crippen LogP) is 4.11.